The number of fused-ring (bicyclic) bond motifs is 3. The maximum atomic E-state index is 4.37. The van der Waals surface area contributed by atoms with Gasteiger partial charge in [0.25, 0.3) is 0 Å². The van der Waals surface area contributed by atoms with Crippen LogP contribution in [0.4, 0.5) is 5.69 Å². The molecule has 0 spiro atoms. The average molecular weight is 323 g/mol. The van der Waals surface area contributed by atoms with Crippen molar-refractivity contribution in [2.45, 2.75) is 12.0 Å². The van der Waals surface area contributed by atoms with Gasteiger partial charge in [0.2, 0.25) is 0 Å². The van der Waals surface area contributed by atoms with Crippen LogP contribution in [0.15, 0.2) is 85.5 Å². The smallest absolute Gasteiger partial charge is 0.0625 e. The maximum absolute atomic E-state index is 4.37. The third-order valence-corrected chi connectivity index (χ3v) is 5.03. The summed E-state index contributed by atoms with van der Waals surface area (Å²) < 4.78 is 0. The van der Waals surface area contributed by atoms with E-state index in [0.717, 1.165) is 0 Å². The first-order chi connectivity index (χ1) is 12.4. The molecule has 0 unspecified atom stereocenters. The highest BCUT2D eigenvalue weighted by Gasteiger charge is 2.35. The number of nitrogens with zero attached hydrogens (tertiary/aromatic N) is 2. The summed E-state index contributed by atoms with van der Waals surface area (Å²) in [6, 6.07) is 21.5. The lowest BCUT2D eigenvalue weighted by Gasteiger charge is -2.21. The largest absolute Gasteiger partial charge is 0.377 e. The van der Waals surface area contributed by atoms with Crippen LogP contribution >= 0.6 is 0 Å². The second-order valence-electron chi connectivity index (χ2n) is 6.41. The van der Waals surface area contributed by atoms with Crippen LogP contribution in [0.2, 0.25) is 0 Å². The third-order valence-electron chi connectivity index (χ3n) is 5.03. The molecule has 0 bridgehead atoms. The molecule has 0 radical (unpaired) electrons. The molecule has 1 aliphatic rings. The van der Waals surface area contributed by atoms with E-state index in [9.17, 15) is 0 Å². The van der Waals surface area contributed by atoms with Crippen LogP contribution in [0.25, 0.3) is 10.8 Å². The first-order valence-corrected chi connectivity index (χ1v) is 8.50. The molecule has 3 heterocycles. The van der Waals surface area contributed by atoms with Crippen LogP contribution in [0.1, 0.15) is 28.7 Å². The molecule has 5 rings (SSSR count). The van der Waals surface area contributed by atoms with Gasteiger partial charge in [-0.2, -0.15) is 0 Å². The van der Waals surface area contributed by atoms with Crippen molar-refractivity contribution in [3.63, 3.8) is 0 Å². The molecule has 120 valence electrons. The van der Waals surface area contributed by atoms with Crippen molar-refractivity contribution in [3.05, 3.63) is 102 Å². The van der Waals surface area contributed by atoms with Gasteiger partial charge < -0.3 is 5.32 Å². The predicted octanol–water partition coefficient (Wildman–Crippen LogP) is 4.93. The summed E-state index contributed by atoms with van der Waals surface area (Å²) in [5.74, 6) is 0.220. The lowest BCUT2D eigenvalue weighted by Crippen LogP contribution is -2.13. The zero-order chi connectivity index (χ0) is 16.6. The van der Waals surface area contributed by atoms with Gasteiger partial charge in [-0.25, -0.2) is 0 Å². The van der Waals surface area contributed by atoms with Gasteiger partial charge in [-0.3, -0.25) is 9.97 Å². The third kappa shape index (κ3) is 2.28. The second-order valence-corrected chi connectivity index (χ2v) is 6.41. The van der Waals surface area contributed by atoms with E-state index >= 15 is 0 Å². The van der Waals surface area contributed by atoms with E-state index in [4.69, 9.17) is 0 Å². The lowest BCUT2D eigenvalue weighted by molar-refractivity contribution is 0.712. The minimum absolute atomic E-state index is 0.174. The molecule has 3 nitrogen and oxygen atoms in total. The van der Waals surface area contributed by atoms with Crippen LogP contribution in [0, 0.1) is 0 Å². The van der Waals surface area contributed by atoms with E-state index in [-0.39, 0.29) is 12.0 Å². The molecule has 0 aliphatic carbocycles. The molecule has 0 saturated heterocycles. The highest BCUT2D eigenvalue weighted by atomic mass is 15.0. The van der Waals surface area contributed by atoms with Gasteiger partial charge in [0.15, 0.2) is 0 Å². The van der Waals surface area contributed by atoms with Crippen LogP contribution < -0.4 is 5.32 Å². The summed E-state index contributed by atoms with van der Waals surface area (Å²) in [7, 11) is 0. The van der Waals surface area contributed by atoms with Crippen LogP contribution in [0.3, 0.4) is 0 Å². The SMILES string of the molecule is c1cncc([C@H]2c3c(ccc4ccccc34)N[C@@H]2c2ccncc2)c1. The van der Waals surface area contributed by atoms with E-state index in [1.165, 1.54) is 33.2 Å². The first-order valence-electron chi connectivity index (χ1n) is 8.50. The molecule has 1 N–H and O–H groups in total. The maximum Gasteiger partial charge on any atom is 0.0625 e. The van der Waals surface area contributed by atoms with Crippen molar-refractivity contribution in [2.24, 2.45) is 0 Å². The summed E-state index contributed by atoms with van der Waals surface area (Å²) >= 11 is 0. The van der Waals surface area contributed by atoms with Gasteiger partial charge in [-0.1, -0.05) is 36.4 Å². The number of anilines is 1. The van der Waals surface area contributed by atoms with Gasteiger partial charge in [0, 0.05) is 36.4 Å². The van der Waals surface area contributed by atoms with Crippen molar-refractivity contribution in [1.82, 2.24) is 9.97 Å². The fourth-order valence-electron chi connectivity index (χ4n) is 3.94. The van der Waals surface area contributed by atoms with Gasteiger partial charge in [-0.15, -0.1) is 0 Å². The Balaban J connectivity index is 1.77. The van der Waals surface area contributed by atoms with Gasteiger partial charge in [0.1, 0.15) is 0 Å². The minimum Gasteiger partial charge on any atom is -0.377 e. The Labute approximate surface area is 146 Å². The summed E-state index contributed by atoms with van der Waals surface area (Å²) in [6.07, 6.45) is 7.53. The fraction of sp³-hybridized carbons (Fsp3) is 0.0909. The Bertz CT molecular complexity index is 1030. The standard InChI is InChI=1S/C22H17N3/c1-2-6-18-15(4-1)7-8-19-21(18)20(17-5-3-11-24-14-17)22(25-19)16-9-12-23-13-10-16/h1-14,20,22,25H/t20-,22+/m0/s1. The van der Waals surface area contributed by atoms with E-state index in [2.05, 4.69) is 69.9 Å². The number of pyridine rings is 2. The van der Waals surface area contributed by atoms with Gasteiger partial charge >= 0.3 is 0 Å². The van der Waals surface area contributed by atoms with Crippen LogP contribution in [-0.4, -0.2) is 9.97 Å². The Kier molecular flexibility index (Phi) is 3.23. The van der Waals surface area contributed by atoms with Crippen molar-refractivity contribution >= 4 is 16.5 Å². The number of hydrogen-bond donors (Lipinski definition) is 1. The monoisotopic (exact) mass is 323 g/mol. The average Bonchev–Trinajstić information content (AvgIpc) is 3.09. The highest BCUT2D eigenvalue weighted by Crippen LogP contribution is 2.50. The number of aromatic nitrogens is 2. The Morgan fingerprint density at radius 3 is 2.44 bits per heavy atom. The molecule has 3 heteroatoms. The van der Waals surface area contributed by atoms with Crippen molar-refractivity contribution in [2.75, 3.05) is 5.32 Å². The highest BCUT2D eigenvalue weighted by molar-refractivity contribution is 5.93. The van der Waals surface area contributed by atoms with Crippen molar-refractivity contribution in [3.8, 4) is 0 Å². The number of hydrogen-bond acceptors (Lipinski definition) is 3. The molecule has 0 saturated carbocycles. The molecule has 2 aromatic heterocycles. The summed E-state index contributed by atoms with van der Waals surface area (Å²) in [6.45, 7) is 0. The Hall–Kier alpha value is -3.20. The normalized spacial score (nSPS) is 18.7. The van der Waals surface area contributed by atoms with Crippen molar-refractivity contribution < 1.29 is 0 Å². The summed E-state index contributed by atoms with van der Waals surface area (Å²) in [4.78, 5) is 8.54. The molecule has 2 aromatic carbocycles. The van der Waals surface area contributed by atoms with E-state index < -0.39 is 0 Å². The van der Waals surface area contributed by atoms with E-state index in [0.29, 0.717) is 0 Å². The Morgan fingerprint density at radius 1 is 0.720 bits per heavy atom. The van der Waals surface area contributed by atoms with Crippen LogP contribution in [0.5, 0.6) is 0 Å². The lowest BCUT2D eigenvalue weighted by atomic mass is 9.83. The zero-order valence-corrected chi connectivity index (χ0v) is 13.6. The topological polar surface area (TPSA) is 37.8 Å². The zero-order valence-electron chi connectivity index (χ0n) is 13.6. The van der Waals surface area contributed by atoms with Crippen LogP contribution in [-0.2, 0) is 0 Å². The molecule has 1 aliphatic heterocycles. The Morgan fingerprint density at radius 2 is 1.60 bits per heavy atom. The van der Waals surface area contributed by atoms with Crippen molar-refractivity contribution in [1.29, 1.82) is 0 Å². The fourth-order valence-corrected chi connectivity index (χ4v) is 3.94. The van der Waals surface area contributed by atoms with Gasteiger partial charge in [-0.05, 0) is 51.7 Å². The molecule has 2 atom stereocenters. The van der Waals surface area contributed by atoms with Gasteiger partial charge in [0.05, 0.1) is 6.04 Å². The molecule has 0 amide bonds. The summed E-state index contributed by atoms with van der Waals surface area (Å²) in [5, 5.41) is 6.31. The minimum atomic E-state index is 0.174. The molecule has 4 aromatic rings. The molecular weight excluding hydrogens is 306 g/mol. The van der Waals surface area contributed by atoms with E-state index in [1.807, 2.05) is 30.9 Å². The number of rotatable bonds is 2. The molecule has 0 fully saturated rings. The number of benzene rings is 2. The quantitative estimate of drug-likeness (QED) is 0.568. The number of nitrogens with one attached hydrogen (secondary N) is 1. The summed E-state index contributed by atoms with van der Waals surface area (Å²) in [5.41, 5.74) is 5.03. The predicted molar refractivity (Wildman–Crippen MR) is 101 cm³/mol. The second kappa shape index (κ2) is 5.71. The molecule has 25 heavy (non-hydrogen) atoms. The van der Waals surface area contributed by atoms with E-state index in [1.54, 1.807) is 0 Å². The first kappa shape index (κ1) is 14.2. The molecular formula is C22H17N3.